The third-order valence-corrected chi connectivity index (χ3v) is 7.73. The van der Waals surface area contributed by atoms with Gasteiger partial charge in [0.1, 0.15) is 4.21 Å². The average Bonchev–Trinajstić information content (AvgIpc) is 3.13. The Kier molecular flexibility index (Phi) is 5.27. The first-order valence-corrected chi connectivity index (χ1v) is 10.6. The Labute approximate surface area is 152 Å². The third kappa shape index (κ3) is 3.94. The van der Waals surface area contributed by atoms with Crippen molar-refractivity contribution >= 4 is 33.0 Å². The Morgan fingerprint density at radius 3 is 2.80 bits per heavy atom. The number of piperidine rings is 1. The van der Waals surface area contributed by atoms with Crippen LogP contribution in [-0.4, -0.2) is 31.7 Å². The third-order valence-electron chi connectivity index (χ3n) is 4.50. The molecule has 1 N–H and O–H groups in total. The van der Waals surface area contributed by atoms with E-state index in [-0.39, 0.29) is 18.4 Å². The lowest BCUT2D eigenvalue weighted by Crippen LogP contribution is -2.43. The van der Waals surface area contributed by atoms with Gasteiger partial charge in [-0.2, -0.15) is 4.31 Å². The standard InChI is InChI=1S/C18H22N2O3S2/c1-13-7-8-14(2)16(11-13)19-18(21)15-5-3-9-20(12-15)25(22,23)17-6-4-10-24-17/h4,6-8,10-11,15H,3,5,9,12H2,1-2H3,(H,19,21)/t15-/m1/s1. The van der Waals surface area contributed by atoms with Crippen molar-refractivity contribution in [3.8, 4) is 0 Å². The molecule has 0 radical (unpaired) electrons. The molecule has 1 atom stereocenters. The van der Waals surface area contributed by atoms with Gasteiger partial charge in [0.2, 0.25) is 5.91 Å². The van der Waals surface area contributed by atoms with Crippen LogP contribution in [-0.2, 0) is 14.8 Å². The summed E-state index contributed by atoms with van der Waals surface area (Å²) in [7, 11) is -3.50. The Hall–Kier alpha value is -1.70. The quantitative estimate of drug-likeness (QED) is 0.887. The zero-order valence-electron chi connectivity index (χ0n) is 14.4. The van der Waals surface area contributed by atoms with E-state index < -0.39 is 10.0 Å². The second kappa shape index (κ2) is 7.27. The van der Waals surface area contributed by atoms with Gasteiger partial charge in [-0.3, -0.25) is 4.79 Å². The van der Waals surface area contributed by atoms with E-state index in [4.69, 9.17) is 0 Å². The molecule has 7 heteroatoms. The molecule has 1 amide bonds. The molecule has 2 aromatic rings. The van der Waals surface area contributed by atoms with Crippen molar-refractivity contribution in [2.75, 3.05) is 18.4 Å². The van der Waals surface area contributed by atoms with Crippen molar-refractivity contribution in [1.29, 1.82) is 0 Å². The van der Waals surface area contributed by atoms with Gasteiger partial charge in [0.25, 0.3) is 10.0 Å². The summed E-state index contributed by atoms with van der Waals surface area (Å²) in [6.45, 7) is 4.62. The fourth-order valence-corrected chi connectivity index (χ4v) is 5.69. The van der Waals surface area contributed by atoms with E-state index in [2.05, 4.69) is 5.32 Å². The highest BCUT2D eigenvalue weighted by Gasteiger charge is 2.33. The molecule has 0 unspecified atom stereocenters. The summed E-state index contributed by atoms with van der Waals surface area (Å²) in [4.78, 5) is 12.7. The zero-order chi connectivity index (χ0) is 18.0. The van der Waals surface area contributed by atoms with Crippen LogP contribution in [0.15, 0.2) is 39.9 Å². The molecule has 3 rings (SSSR count). The number of carbonyl (C=O) groups excluding carboxylic acids is 1. The van der Waals surface area contributed by atoms with E-state index in [1.165, 1.54) is 15.6 Å². The number of amides is 1. The van der Waals surface area contributed by atoms with Crippen LogP contribution in [0, 0.1) is 19.8 Å². The van der Waals surface area contributed by atoms with Crippen molar-refractivity contribution in [2.24, 2.45) is 5.92 Å². The molecule has 1 aromatic carbocycles. The predicted molar refractivity (Wildman–Crippen MR) is 100 cm³/mol. The van der Waals surface area contributed by atoms with Crippen LogP contribution in [0.5, 0.6) is 0 Å². The van der Waals surface area contributed by atoms with E-state index in [1.54, 1.807) is 17.5 Å². The maximum atomic E-state index is 12.7. The van der Waals surface area contributed by atoms with Gasteiger partial charge in [0.15, 0.2) is 0 Å². The fraction of sp³-hybridized carbons (Fsp3) is 0.389. The van der Waals surface area contributed by atoms with Gasteiger partial charge in [0, 0.05) is 18.8 Å². The molecule has 0 bridgehead atoms. The molecular formula is C18H22N2O3S2. The van der Waals surface area contributed by atoms with Crippen molar-refractivity contribution < 1.29 is 13.2 Å². The predicted octanol–water partition coefficient (Wildman–Crippen LogP) is 3.40. The first kappa shape index (κ1) is 18.1. The lowest BCUT2D eigenvalue weighted by Gasteiger charge is -2.31. The number of hydrogen-bond acceptors (Lipinski definition) is 4. The van der Waals surface area contributed by atoms with E-state index in [9.17, 15) is 13.2 Å². The molecule has 2 heterocycles. The molecule has 1 aliphatic heterocycles. The number of hydrogen-bond donors (Lipinski definition) is 1. The van der Waals surface area contributed by atoms with E-state index in [0.717, 1.165) is 16.8 Å². The van der Waals surface area contributed by atoms with Gasteiger partial charge in [-0.05, 0) is 55.3 Å². The number of rotatable bonds is 4. The number of carbonyl (C=O) groups is 1. The summed E-state index contributed by atoms with van der Waals surface area (Å²) >= 11 is 1.21. The smallest absolute Gasteiger partial charge is 0.252 e. The normalized spacial score (nSPS) is 18.9. The summed E-state index contributed by atoms with van der Waals surface area (Å²) in [5, 5.41) is 4.72. The summed E-state index contributed by atoms with van der Waals surface area (Å²) in [6.07, 6.45) is 1.39. The van der Waals surface area contributed by atoms with E-state index in [0.29, 0.717) is 23.6 Å². The van der Waals surface area contributed by atoms with Gasteiger partial charge < -0.3 is 5.32 Å². The number of nitrogens with zero attached hydrogens (tertiary/aromatic N) is 1. The van der Waals surface area contributed by atoms with Crippen LogP contribution in [0.3, 0.4) is 0 Å². The Morgan fingerprint density at radius 2 is 2.08 bits per heavy atom. The average molecular weight is 379 g/mol. The minimum absolute atomic E-state index is 0.111. The zero-order valence-corrected chi connectivity index (χ0v) is 16.0. The fourth-order valence-electron chi connectivity index (χ4n) is 3.02. The second-order valence-electron chi connectivity index (χ2n) is 6.44. The van der Waals surface area contributed by atoms with Crippen molar-refractivity contribution in [3.63, 3.8) is 0 Å². The number of thiophene rings is 1. The SMILES string of the molecule is Cc1ccc(C)c(NC(=O)[C@@H]2CCCN(S(=O)(=O)c3cccs3)C2)c1. The van der Waals surface area contributed by atoms with Crippen molar-refractivity contribution in [1.82, 2.24) is 4.31 Å². The Bertz CT molecular complexity index is 860. The van der Waals surface area contributed by atoms with Crippen molar-refractivity contribution in [3.05, 3.63) is 46.8 Å². The Balaban J connectivity index is 1.73. The number of sulfonamides is 1. The van der Waals surface area contributed by atoms with Gasteiger partial charge in [-0.25, -0.2) is 8.42 Å². The monoisotopic (exact) mass is 378 g/mol. The summed E-state index contributed by atoms with van der Waals surface area (Å²) in [6, 6.07) is 9.25. The topological polar surface area (TPSA) is 66.5 Å². The number of aryl methyl sites for hydroxylation is 2. The number of anilines is 1. The van der Waals surface area contributed by atoms with Gasteiger partial charge in [-0.15, -0.1) is 11.3 Å². The first-order valence-electron chi connectivity index (χ1n) is 8.29. The van der Waals surface area contributed by atoms with Gasteiger partial charge >= 0.3 is 0 Å². The van der Waals surface area contributed by atoms with E-state index >= 15 is 0 Å². The molecule has 0 aliphatic carbocycles. The minimum Gasteiger partial charge on any atom is -0.326 e. The summed E-state index contributed by atoms with van der Waals surface area (Å²) in [5.74, 6) is -0.442. The molecule has 0 spiro atoms. The highest BCUT2D eigenvalue weighted by atomic mass is 32.2. The largest absolute Gasteiger partial charge is 0.326 e. The van der Waals surface area contributed by atoms with Gasteiger partial charge in [-0.1, -0.05) is 18.2 Å². The summed E-state index contributed by atoms with van der Waals surface area (Å²) in [5.41, 5.74) is 2.87. The molecule has 1 saturated heterocycles. The highest BCUT2D eigenvalue weighted by Crippen LogP contribution is 2.27. The maximum Gasteiger partial charge on any atom is 0.252 e. The second-order valence-corrected chi connectivity index (χ2v) is 9.55. The van der Waals surface area contributed by atoms with Crippen LogP contribution < -0.4 is 5.32 Å². The molecule has 1 aromatic heterocycles. The molecule has 1 aliphatic rings. The minimum atomic E-state index is -3.50. The summed E-state index contributed by atoms with van der Waals surface area (Å²) < 4.78 is 27.1. The van der Waals surface area contributed by atoms with Crippen LogP contribution in [0.25, 0.3) is 0 Å². The van der Waals surface area contributed by atoms with Gasteiger partial charge in [0.05, 0.1) is 5.92 Å². The lowest BCUT2D eigenvalue weighted by molar-refractivity contribution is -0.120. The lowest BCUT2D eigenvalue weighted by atomic mass is 9.98. The van der Waals surface area contributed by atoms with Crippen molar-refractivity contribution in [2.45, 2.75) is 30.9 Å². The van der Waals surface area contributed by atoms with E-state index in [1.807, 2.05) is 32.0 Å². The molecule has 1 fully saturated rings. The number of nitrogens with one attached hydrogen (secondary N) is 1. The number of benzene rings is 1. The molecule has 25 heavy (non-hydrogen) atoms. The highest BCUT2D eigenvalue weighted by molar-refractivity contribution is 7.91. The molecule has 5 nitrogen and oxygen atoms in total. The Morgan fingerprint density at radius 1 is 1.28 bits per heavy atom. The molecule has 0 saturated carbocycles. The van der Waals surface area contributed by atoms with Crippen LogP contribution >= 0.6 is 11.3 Å². The molecular weight excluding hydrogens is 356 g/mol. The first-order chi connectivity index (χ1) is 11.9. The maximum absolute atomic E-state index is 12.7. The van der Waals surface area contributed by atoms with Crippen LogP contribution in [0.1, 0.15) is 24.0 Å². The molecule has 134 valence electrons. The van der Waals surface area contributed by atoms with Crippen LogP contribution in [0.2, 0.25) is 0 Å². The van der Waals surface area contributed by atoms with Crippen LogP contribution in [0.4, 0.5) is 5.69 Å².